The first-order chi connectivity index (χ1) is 4.33. The molecule has 0 radical (unpaired) electrons. The number of hydrogen-bond donors (Lipinski definition) is 0. The van der Waals surface area contributed by atoms with Crippen LogP contribution in [-0.4, -0.2) is 15.2 Å². The monoisotopic (exact) mass is 143 g/mol. The molecule has 0 amide bonds. The third-order valence-corrected chi connectivity index (χ3v) is 1.11. The molecule has 0 bridgehead atoms. The van der Waals surface area contributed by atoms with Crippen molar-refractivity contribution in [1.82, 2.24) is 15.2 Å². The van der Waals surface area contributed by atoms with Crippen molar-refractivity contribution in [3.63, 3.8) is 0 Å². The molecule has 0 N–H and O–H groups in total. The maximum atomic E-state index is 5.44. The predicted octanol–water partition coefficient (Wildman–Crippen LogP) is 1.09. The Bertz CT molecular complexity index is 201. The highest BCUT2D eigenvalue weighted by molar-refractivity contribution is 6.28. The number of rotatable bonds is 1. The van der Waals surface area contributed by atoms with Crippen LogP contribution < -0.4 is 0 Å². The summed E-state index contributed by atoms with van der Waals surface area (Å²) in [6.45, 7) is 1.99. The van der Waals surface area contributed by atoms with E-state index in [1.165, 1.54) is 0 Å². The van der Waals surface area contributed by atoms with E-state index >= 15 is 0 Å². The lowest BCUT2D eigenvalue weighted by Gasteiger charge is -1.90. The molecule has 48 valence electrons. The van der Waals surface area contributed by atoms with Crippen molar-refractivity contribution >= 4 is 11.6 Å². The molecular formula is C5H6ClN3. The van der Waals surface area contributed by atoms with Gasteiger partial charge in [-0.1, -0.05) is 6.92 Å². The van der Waals surface area contributed by atoms with Gasteiger partial charge in [-0.05, 0) is 18.0 Å². The normalized spacial score (nSPS) is 9.56. The molecule has 1 heterocycles. The zero-order valence-electron chi connectivity index (χ0n) is 5.00. The minimum atomic E-state index is 0.217. The minimum absolute atomic E-state index is 0.217. The van der Waals surface area contributed by atoms with Gasteiger partial charge in [0, 0.05) is 0 Å². The summed E-state index contributed by atoms with van der Waals surface area (Å²) in [6.07, 6.45) is 2.45. The summed E-state index contributed by atoms with van der Waals surface area (Å²) in [7, 11) is 0. The van der Waals surface area contributed by atoms with Gasteiger partial charge in [0.25, 0.3) is 0 Å². The highest BCUT2D eigenvalue weighted by atomic mass is 35.5. The Morgan fingerprint density at radius 1 is 1.67 bits per heavy atom. The van der Waals surface area contributed by atoms with Gasteiger partial charge in [0.2, 0.25) is 5.28 Å². The first-order valence-corrected chi connectivity index (χ1v) is 3.05. The highest BCUT2D eigenvalue weighted by Crippen LogP contribution is 1.97. The minimum Gasteiger partial charge on any atom is -0.220 e. The number of hydrogen-bond acceptors (Lipinski definition) is 3. The largest absolute Gasteiger partial charge is 0.243 e. The lowest BCUT2D eigenvalue weighted by molar-refractivity contribution is 0.900. The molecule has 0 aromatic carbocycles. The molecule has 3 nitrogen and oxygen atoms in total. The fourth-order valence-electron chi connectivity index (χ4n) is 0.483. The van der Waals surface area contributed by atoms with E-state index in [1.807, 2.05) is 6.92 Å². The van der Waals surface area contributed by atoms with Crippen molar-refractivity contribution in [1.29, 1.82) is 0 Å². The molecule has 0 aliphatic rings. The van der Waals surface area contributed by atoms with Gasteiger partial charge in [-0.2, -0.15) is 5.10 Å². The molecule has 0 fully saturated rings. The molecule has 0 spiro atoms. The maximum absolute atomic E-state index is 5.44. The van der Waals surface area contributed by atoms with E-state index in [0.29, 0.717) is 0 Å². The van der Waals surface area contributed by atoms with Gasteiger partial charge in [0.15, 0.2) is 0 Å². The fraction of sp³-hybridized carbons (Fsp3) is 0.400. The van der Waals surface area contributed by atoms with E-state index in [4.69, 9.17) is 11.6 Å². The number of halogens is 1. The molecule has 0 saturated heterocycles. The average molecular weight is 144 g/mol. The summed E-state index contributed by atoms with van der Waals surface area (Å²) in [6, 6.07) is 0. The molecule has 4 heteroatoms. The van der Waals surface area contributed by atoms with Gasteiger partial charge in [-0.3, -0.25) is 0 Å². The molecule has 0 unspecified atom stereocenters. The van der Waals surface area contributed by atoms with Crippen molar-refractivity contribution in [3.8, 4) is 0 Å². The van der Waals surface area contributed by atoms with Gasteiger partial charge in [0.1, 0.15) is 0 Å². The van der Waals surface area contributed by atoms with Crippen LogP contribution >= 0.6 is 11.6 Å². The van der Waals surface area contributed by atoms with Crippen LogP contribution in [0, 0.1) is 0 Å². The van der Waals surface area contributed by atoms with Crippen LogP contribution in [0.3, 0.4) is 0 Å². The van der Waals surface area contributed by atoms with Crippen LogP contribution in [0.15, 0.2) is 6.20 Å². The van der Waals surface area contributed by atoms with E-state index in [-0.39, 0.29) is 5.28 Å². The third-order valence-electron chi connectivity index (χ3n) is 0.945. The van der Waals surface area contributed by atoms with Crippen LogP contribution in [0.4, 0.5) is 0 Å². The lowest BCUT2D eigenvalue weighted by Crippen LogP contribution is -1.91. The molecule has 0 saturated carbocycles. The van der Waals surface area contributed by atoms with E-state index in [9.17, 15) is 0 Å². The Kier molecular flexibility index (Phi) is 1.95. The maximum Gasteiger partial charge on any atom is 0.243 e. The molecule has 1 rings (SSSR count). The van der Waals surface area contributed by atoms with Crippen LogP contribution in [0.1, 0.15) is 12.6 Å². The van der Waals surface area contributed by atoms with Crippen LogP contribution in [0.5, 0.6) is 0 Å². The quantitative estimate of drug-likeness (QED) is 0.591. The highest BCUT2D eigenvalue weighted by Gasteiger charge is 1.92. The predicted molar refractivity (Wildman–Crippen MR) is 34.2 cm³/mol. The first kappa shape index (κ1) is 6.42. The van der Waals surface area contributed by atoms with Crippen molar-refractivity contribution in [2.75, 3.05) is 0 Å². The number of nitrogens with zero attached hydrogens (tertiary/aromatic N) is 3. The second-order valence-electron chi connectivity index (χ2n) is 1.57. The molecule has 1 aromatic heterocycles. The fourth-order valence-corrected chi connectivity index (χ4v) is 0.635. The first-order valence-electron chi connectivity index (χ1n) is 2.67. The van der Waals surface area contributed by atoms with Gasteiger partial charge < -0.3 is 0 Å². The van der Waals surface area contributed by atoms with Gasteiger partial charge >= 0.3 is 0 Å². The van der Waals surface area contributed by atoms with E-state index in [0.717, 1.165) is 12.1 Å². The Labute approximate surface area is 58.1 Å². The Morgan fingerprint density at radius 3 is 2.89 bits per heavy atom. The van der Waals surface area contributed by atoms with Crippen LogP contribution in [0.25, 0.3) is 0 Å². The topological polar surface area (TPSA) is 38.7 Å². The summed E-state index contributed by atoms with van der Waals surface area (Å²) in [5.74, 6) is 0. The Balaban J connectivity index is 2.94. The smallest absolute Gasteiger partial charge is 0.220 e. The van der Waals surface area contributed by atoms with Crippen LogP contribution in [0.2, 0.25) is 5.28 Å². The van der Waals surface area contributed by atoms with E-state index in [2.05, 4.69) is 15.2 Å². The van der Waals surface area contributed by atoms with Crippen molar-refractivity contribution in [3.05, 3.63) is 17.2 Å². The molecular weight excluding hydrogens is 138 g/mol. The Hall–Kier alpha value is -0.700. The van der Waals surface area contributed by atoms with Crippen molar-refractivity contribution < 1.29 is 0 Å². The molecule has 0 aliphatic carbocycles. The van der Waals surface area contributed by atoms with Crippen LogP contribution in [-0.2, 0) is 6.42 Å². The third kappa shape index (κ3) is 1.61. The summed E-state index contributed by atoms with van der Waals surface area (Å²) < 4.78 is 0. The van der Waals surface area contributed by atoms with Gasteiger partial charge in [-0.15, -0.1) is 5.10 Å². The number of aryl methyl sites for hydroxylation is 1. The summed E-state index contributed by atoms with van der Waals surface area (Å²) in [4.78, 5) is 3.88. The average Bonchev–Trinajstić information content (AvgIpc) is 1.88. The molecule has 1 aromatic rings. The van der Waals surface area contributed by atoms with Gasteiger partial charge in [0.05, 0.1) is 11.9 Å². The second-order valence-corrected chi connectivity index (χ2v) is 1.91. The van der Waals surface area contributed by atoms with E-state index < -0.39 is 0 Å². The molecule has 0 aliphatic heterocycles. The lowest BCUT2D eigenvalue weighted by atomic mass is 10.4. The second kappa shape index (κ2) is 2.73. The standard InChI is InChI=1S/C5H6ClN3/c1-2-4-3-7-9-5(6)8-4/h3H,2H2,1H3. The molecule has 0 atom stereocenters. The summed E-state index contributed by atoms with van der Waals surface area (Å²) in [5, 5.41) is 7.32. The zero-order valence-corrected chi connectivity index (χ0v) is 5.76. The van der Waals surface area contributed by atoms with Crippen molar-refractivity contribution in [2.45, 2.75) is 13.3 Å². The Morgan fingerprint density at radius 2 is 2.44 bits per heavy atom. The SMILES string of the molecule is CCc1cnnc(Cl)n1. The number of aromatic nitrogens is 3. The van der Waals surface area contributed by atoms with Crippen molar-refractivity contribution in [2.24, 2.45) is 0 Å². The van der Waals surface area contributed by atoms with Gasteiger partial charge in [-0.25, -0.2) is 4.98 Å². The zero-order chi connectivity index (χ0) is 6.69. The summed E-state index contributed by atoms with van der Waals surface area (Å²) >= 11 is 5.44. The molecule has 9 heavy (non-hydrogen) atoms. The van der Waals surface area contributed by atoms with E-state index in [1.54, 1.807) is 6.20 Å². The summed E-state index contributed by atoms with van der Waals surface area (Å²) in [5.41, 5.74) is 0.870.